The fraction of sp³-hybridized carbons (Fsp3) is 0.0370. The molecule has 0 saturated heterocycles. The van der Waals surface area contributed by atoms with Gasteiger partial charge in [0.25, 0.3) is 0 Å². The molecular formula is C54H36N2S. The third-order valence-corrected chi connectivity index (χ3v) is 13.0. The maximum Gasteiger partial charge on any atom is 0.160 e. The summed E-state index contributed by atoms with van der Waals surface area (Å²) in [7, 11) is 0. The Morgan fingerprint density at radius 3 is 1.77 bits per heavy atom. The van der Waals surface area contributed by atoms with E-state index >= 15 is 0 Å². The minimum Gasteiger partial charge on any atom is -0.228 e. The Morgan fingerprint density at radius 2 is 0.965 bits per heavy atom. The van der Waals surface area contributed by atoms with Gasteiger partial charge < -0.3 is 0 Å². The summed E-state index contributed by atoms with van der Waals surface area (Å²) in [5.41, 5.74) is 16.0. The molecule has 0 bridgehead atoms. The van der Waals surface area contributed by atoms with Crippen molar-refractivity contribution < 1.29 is 0 Å². The number of rotatable bonds is 6. The highest BCUT2D eigenvalue weighted by Crippen LogP contribution is 2.53. The second-order valence-electron chi connectivity index (χ2n) is 15.0. The Bertz CT molecular complexity index is 3130. The summed E-state index contributed by atoms with van der Waals surface area (Å²) in [5.74, 6) is 0.711. The first-order valence-corrected chi connectivity index (χ1v) is 20.3. The number of hydrogen-bond donors (Lipinski definition) is 0. The number of hydrogen-bond acceptors (Lipinski definition) is 3. The van der Waals surface area contributed by atoms with Crippen LogP contribution in [-0.2, 0) is 5.41 Å². The summed E-state index contributed by atoms with van der Waals surface area (Å²) in [6, 6.07) is 72.2. The predicted octanol–water partition coefficient (Wildman–Crippen LogP) is 14.5. The van der Waals surface area contributed by atoms with E-state index in [2.05, 4.69) is 201 Å². The van der Waals surface area contributed by atoms with Crippen molar-refractivity contribution in [1.29, 1.82) is 0 Å². The summed E-state index contributed by atoms with van der Waals surface area (Å²) in [6.07, 6.45) is 0. The van der Waals surface area contributed by atoms with Gasteiger partial charge in [-0.15, -0.1) is 11.3 Å². The van der Waals surface area contributed by atoms with E-state index in [1.54, 1.807) is 0 Å². The Kier molecular flexibility index (Phi) is 7.84. The summed E-state index contributed by atoms with van der Waals surface area (Å²) in [6.45, 7) is 2.36. The van der Waals surface area contributed by atoms with E-state index in [1.807, 2.05) is 17.4 Å². The molecule has 1 atom stereocenters. The van der Waals surface area contributed by atoms with E-state index in [0.717, 1.165) is 28.1 Å². The van der Waals surface area contributed by atoms with Crippen molar-refractivity contribution in [3.63, 3.8) is 0 Å². The fourth-order valence-corrected chi connectivity index (χ4v) is 10.1. The molecule has 2 nitrogen and oxygen atoms in total. The van der Waals surface area contributed by atoms with Gasteiger partial charge in [0.1, 0.15) is 0 Å². The third kappa shape index (κ3) is 5.46. The van der Waals surface area contributed by atoms with Crippen molar-refractivity contribution >= 4 is 31.5 Å². The van der Waals surface area contributed by atoms with Crippen molar-refractivity contribution in [2.45, 2.75) is 12.3 Å². The zero-order chi connectivity index (χ0) is 37.9. The topological polar surface area (TPSA) is 25.8 Å². The average Bonchev–Trinajstić information content (AvgIpc) is 3.80. The van der Waals surface area contributed by atoms with Gasteiger partial charge in [-0.05, 0) is 81.3 Å². The first-order valence-electron chi connectivity index (χ1n) is 19.5. The Morgan fingerprint density at radius 1 is 0.386 bits per heavy atom. The number of benzene rings is 8. The standard InChI is InChI=1S/C54H36N2S/c1-54(39-17-6-3-7-18-39)46-24-12-10-21-42(46)43-32-31-38(33-47(43)54)49-34-48(55-53(56-49)37-15-4-2-5-16-37)36-29-27-35(28-30-36)40-19-8-9-20-41(40)44-23-14-26-51-52(44)45-22-11-13-25-50(45)57-51/h2-34H,1H3. The maximum atomic E-state index is 5.24. The van der Waals surface area contributed by atoms with Crippen LogP contribution in [0.5, 0.6) is 0 Å². The second-order valence-corrected chi connectivity index (χ2v) is 16.1. The molecular weight excluding hydrogens is 709 g/mol. The quantitative estimate of drug-likeness (QED) is 0.169. The van der Waals surface area contributed by atoms with E-state index in [1.165, 1.54) is 70.2 Å². The number of aromatic nitrogens is 2. The lowest BCUT2D eigenvalue weighted by molar-refractivity contribution is 0.714. The van der Waals surface area contributed by atoms with E-state index in [9.17, 15) is 0 Å². The number of fused-ring (bicyclic) bond motifs is 6. The van der Waals surface area contributed by atoms with Gasteiger partial charge in [-0.2, -0.15) is 0 Å². The molecule has 0 N–H and O–H groups in total. The Balaban J connectivity index is 1.02. The summed E-state index contributed by atoms with van der Waals surface area (Å²) < 4.78 is 2.63. The van der Waals surface area contributed by atoms with Crippen molar-refractivity contribution in [1.82, 2.24) is 9.97 Å². The fourth-order valence-electron chi connectivity index (χ4n) is 8.98. The zero-order valence-electron chi connectivity index (χ0n) is 31.4. The lowest BCUT2D eigenvalue weighted by atomic mass is 9.74. The molecule has 1 unspecified atom stereocenters. The minimum atomic E-state index is -0.296. The van der Waals surface area contributed by atoms with E-state index in [-0.39, 0.29) is 5.41 Å². The van der Waals surface area contributed by atoms with Gasteiger partial charge in [0.15, 0.2) is 5.82 Å². The highest BCUT2D eigenvalue weighted by atomic mass is 32.1. The van der Waals surface area contributed by atoms with E-state index in [4.69, 9.17) is 9.97 Å². The van der Waals surface area contributed by atoms with Gasteiger partial charge in [0.2, 0.25) is 0 Å². The van der Waals surface area contributed by atoms with Gasteiger partial charge in [0, 0.05) is 42.3 Å². The monoisotopic (exact) mass is 744 g/mol. The average molecular weight is 745 g/mol. The van der Waals surface area contributed by atoms with Crippen LogP contribution in [0.2, 0.25) is 0 Å². The predicted molar refractivity (Wildman–Crippen MR) is 240 cm³/mol. The van der Waals surface area contributed by atoms with Crippen LogP contribution in [0, 0.1) is 0 Å². The molecule has 1 aliphatic rings. The molecule has 268 valence electrons. The van der Waals surface area contributed by atoms with Crippen LogP contribution in [0.1, 0.15) is 23.6 Å². The molecule has 57 heavy (non-hydrogen) atoms. The third-order valence-electron chi connectivity index (χ3n) is 11.8. The van der Waals surface area contributed by atoms with Crippen LogP contribution >= 0.6 is 11.3 Å². The van der Waals surface area contributed by atoms with Crippen LogP contribution in [0.15, 0.2) is 200 Å². The Labute approximate surface area is 336 Å². The molecule has 2 heterocycles. The molecule has 0 amide bonds. The smallest absolute Gasteiger partial charge is 0.160 e. The van der Waals surface area contributed by atoms with Gasteiger partial charge in [-0.3, -0.25) is 0 Å². The number of thiophene rings is 1. The highest BCUT2D eigenvalue weighted by molar-refractivity contribution is 7.25. The summed E-state index contributed by atoms with van der Waals surface area (Å²) in [5, 5.41) is 2.63. The molecule has 0 aliphatic heterocycles. The summed E-state index contributed by atoms with van der Waals surface area (Å²) in [4.78, 5) is 10.4. The van der Waals surface area contributed by atoms with Crippen molar-refractivity contribution in [2.75, 3.05) is 0 Å². The largest absolute Gasteiger partial charge is 0.228 e. The first kappa shape index (κ1) is 33.4. The van der Waals surface area contributed by atoms with Gasteiger partial charge in [-0.25, -0.2) is 9.97 Å². The molecule has 3 heteroatoms. The lowest BCUT2D eigenvalue weighted by Crippen LogP contribution is -2.22. The molecule has 10 aromatic rings. The van der Waals surface area contributed by atoms with E-state index < -0.39 is 0 Å². The highest BCUT2D eigenvalue weighted by Gasteiger charge is 2.40. The molecule has 11 rings (SSSR count). The lowest BCUT2D eigenvalue weighted by Gasteiger charge is -2.28. The molecule has 1 aliphatic carbocycles. The zero-order valence-corrected chi connectivity index (χ0v) is 32.2. The van der Waals surface area contributed by atoms with Crippen LogP contribution in [0.25, 0.3) is 87.5 Å². The number of nitrogens with zero attached hydrogens (tertiary/aromatic N) is 2. The van der Waals surface area contributed by atoms with Gasteiger partial charge in [0.05, 0.1) is 11.4 Å². The minimum absolute atomic E-state index is 0.296. The molecule has 0 fully saturated rings. The van der Waals surface area contributed by atoms with Crippen LogP contribution < -0.4 is 0 Å². The van der Waals surface area contributed by atoms with Crippen LogP contribution in [-0.4, -0.2) is 9.97 Å². The SMILES string of the molecule is CC1(c2ccccc2)c2ccccc2-c2ccc(-c3cc(-c4ccc(-c5ccccc5-c5cccc6sc7ccccc7c56)cc4)nc(-c4ccccc4)n3)cc21. The maximum absolute atomic E-state index is 5.24. The molecule has 8 aromatic carbocycles. The van der Waals surface area contributed by atoms with Crippen molar-refractivity contribution in [3.8, 4) is 67.3 Å². The van der Waals surface area contributed by atoms with Crippen molar-refractivity contribution in [3.05, 3.63) is 217 Å². The normalized spacial score (nSPS) is 14.5. The second kappa shape index (κ2) is 13.4. The van der Waals surface area contributed by atoms with Crippen LogP contribution in [0.4, 0.5) is 0 Å². The first-order chi connectivity index (χ1) is 28.1. The Hall–Kier alpha value is -6.94. The van der Waals surface area contributed by atoms with E-state index in [0.29, 0.717) is 5.82 Å². The van der Waals surface area contributed by atoms with Crippen molar-refractivity contribution in [2.24, 2.45) is 0 Å². The molecule has 0 radical (unpaired) electrons. The molecule has 2 aromatic heterocycles. The summed E-state index contributed by atoms with van der Waals surface area (Å²) >= 11 is 1.86. The van der Waals surface area contributed by atoms with Gasteiger partial charge >= 0.3 is 0 Å². The molecule has 0 saturated carbocycles. The van der Waals surface area contributed by atoms with Crippen LogP contribution in [0.3, 0.4) is 0 Å². The van der Waals surface area contributed by atoms with Gasteiger partial charge in [-0.1, -0.05) is 176 Å². The molecule has 0 spiro atoms.